The summed E-state index contributed by atoms with van der Waals surface area (Å²) in [5.74, 6) is 1.07. The zero-order valence-corrected chi connectivity index (χ0v) is 13.8. The molecule has 0 bridgehead atoms. The fourth-order valence-corrected chi connectivity index (χ4v) is 3.36. The number of benzene rings is 2. The van der Waals surface area contributed by atoms with Crippen LogP contribution in [0.1, 0.15) is 5.56 Å². The first-order chi connectivity index (χ1) is 11.9. The lowest BCUT2D eigenvalue weighted by molar-refractivity contribution is 0.260. The van der Waals surface area contributed by atoms with E-state index in [9.17, 15) is 0 Å². The van der Waals surface area contributed by atoms with E-state index in [1.54, 1.807) is 6.33 Å². The summed E-state index contributed by atoms with van der Waals surface area (Å²) in [5.41, 5.74) is 2.44. The molecule has 1 aliphatic rings. The number of para-hydroxylation sites is 1. The number of hydrogen-bond donors (Lipinski definition) is 0. The van der Waals surface area contributed by atoms with Gasteiger partial charge in [0.1, 0.15) is 12.1 Å². The number of piperazine rings is 1. The Morgan fingerprint density at radius 2 is 1.54 bits per heavy atom. The second-order valence-corrected chi connectivity index (χ2v) is 6.28. The normalized spacial score (nSPS) is 15.8. The predicted octanol–water partition coefficient (Wildman–Crippen LogP) is 2.99. The van der Waals surface area contributed by atoms with Crippen LogP contribution in [0.4, 0.5) is 5.82 Å². The van der Waals surface area contributed by atoms with Crippen molar-refractivity contribution in [3.05, 3.63) is 66.5 Å². The van der Waals surface area contributed by atoms with Crippen LogP contribution in [0.3, 0.4) is 0 Å². The van der Waals surface area contributed by atoms with Gasteiger partial charge in [0.15, 0.2) is 0 Å². The molecule has 1 aliphatic heterocycles. The van der Waals surface area contributed by atoms with E-state index in [0.717, 1.165) is 55.9 Å². The van der Waals surface area contributed by atoms with Gasteiger partial charge in [-0.2, -0.15) is 0 Å². The summed E-state index contributed by atoms with van der Waals surface area (Å²) in [4.78, 5) is 13.9. The summed E-state index contributed by atoms with van der Waals surface area (Å²) in [5, 5.41) is 1.15. The van der Waals surface area contributed by atoms with Crippen LogP contribution >= 0.6 is 0 Å². The predicted molar refractivity (Wildman–Crippen MR) is 98.3 cm³/mol. The van der Waals surface area contributed by atoms with Crippen molar-refractivity contribution in [2.45, 2.75) is 6.42 Å². The Kier molecular flexibility index (Phi) is 4.38. The van der Waals surface area contributed by atoms with Crippen molar-refractivity contribution >= 4 is 16.7 Å². The van der Waals surface area contributed by atoms with Gasteiger partial charge in [-0.25, -0.2) is 9.97 Å². The first-order valence-electron chi connectivity index (χ1n) is 8.61. The maximum absolute atomic E-state index is 4.55. The fraction of sp³-hybridized carbons (Fsp3) is 0.300. The van der Waals surface area contributed by atoms with Crippen LogP contribution in [0.5, 0.6) is 0 Å². The lowest BCUT2D eigenvalue weighted by Gasteiger charge is -2.35. The van der Waals surface area contributed by atoms with Crippen LogP contribution in [0.25, 0.3) is 10.9 Å². The molecule has 3 aromatic rings. The van der Waals surface area contributed by atoms with E-state index >= 15 is 0 Å². The first-order valence-corrected chi connectivity index (χ1v) is 8.61. The molecule has 0 amide bonds. The minimum Gasteiger partial charge on any atom is -0.353 e. The van der Waals surface area contributed by atoms with Crippen LogP contribution in [-0.2, 0) is 6.42 Å². The van der Waals surface area contributed by atoms with Gasteiger partial charge in [-0.3, -0.25) is 4.90 Å². The number of rotatable bonds is 4. The van der Waals surface area contributed by atoms with E-state index in [0.29, 0.717) is 0 Å². The molecule has 0 unspecified atom stereocenters. The standard InChI is InChI=1S/C20H22N4/c1-2-6-17(7-3-1)10-11-23-12-14-24(15-13-23)20-18-8-4-5-9-19(18)21-16-22-20/h1-9,16H,10-15H2. The fourth-order valence-electron chi connectivity index (χ4n) is 3.36. The van der Waals surface area contributed by atoms with E-state index in [2.05, 4.69) is 68.3 Å². The minimum absolute atomic E-state index is 1.02. The smallest absolute Gasteiger partial charge is 0.139 e. The molecule has 4 rings (SSSR count). The van der Waals surface area contributed by atoms with Crippen molar-refractivity contribution < 1.29 is 0 Å². The minimum atomic E-state index is 1.02. The molecule has 2 aromatic carbocycles. The maximum atomic E-state index is 4.55. The maximum Gasteiger partial charge on any atom is 0.139 e. The third kappa shape index (κ3) is 3.24. The molecule has 0 aliphatic carbocycles. The van der Waals surface area contributed by atoms with Crippen molar-refractivity contribution in [2.24, 2.45) is 0 Å². The quantitative estimate of drug-likeness (QED) is 0.740. The van der Waals surface area contributed by atoms with E-state index in [1.165, 1.54) is 5.56 Å². The third-order valence-corrected chi connectivity index (χ3v) is 4.75. The highest BCUT2D eigenvalue weighted by atomic mass is 15.3. The van der Waals surface area contributed by atoms with Crippen molar-refractivity contribution in [3.8, 4) is 0 Å². The van der Waals surface area contributed by atoms with E-state index < -0.39 is 0 Å². The Bertz CT molecular complexity index is 790. The summed E-state index contributed by atoms with van der Waals surface area (Å²) in [7, 11) is 0. The molecule has 122 valence electrons. The number of hydrogen-bond acceptors (Lipinski definition) is 4. The Morgan fingerprint density at radius 1 is 0.792 bits per heavy atom. The van der Waals surface area contributed by atoms with Crippen molar-refractivity contribution in [3.63, 3.8) is 0 Å². The molecular formula is C20H22N4. The zero-order valence-electron chi connectivity index (χ0n) is 13.8. The molecule has 0 N–H and O–H groups in total. The zero-order chi connectivity index (χ0) is 16.2. The van der Waals surface area contributed by atoms with E-state index in [4.69, 9.17) is 0 Å². The van der Waals surface area contributed by atoms with E-state index in [-0.39, 0.29) is 0 Å². The molecule has 4 nitrogen and oxygen atoms in total. The van der Waals surface area contributed by atoms with Gasteiger partial charge in [-0.05, 0) is 24.1 Å². The Balaban J connectivity index is 1.39. The van der Waals surface area contributed by atoms with E-state index in [1.807, 2.05) is 6.07 Å². The molecule has 0 saturated carbocycles. The van der Waals surface area contributed by atoms with Gasteiger partial charge in [0.05, 0.1) is 5.52 Å². The SMILES string of the molecule is c1ccc(CCN2CCN(c3ncnc4ccccc34)CC2)cc1. The summed E-state index contributed by atoms with van der Waals surface area (Å²) in [6.45, 7) is 5.35. The largest absolute Gasteiger partial charge is 0.353 e. The van der Waals surface area contributed by atoms with Crippen molar-refractivity contribution in [2.75, 3.05) is 37.6 Å². The molecule has 1 saturated heterocycles. The van der Waals surface area contributed by atoms with Crippen LogP contribution < -0.4 is 4.90 Å². The average Bonchev–Trinajstić information content (AvgIpc) is 2.67. The lowest BCUT2D eigenvalue weighted by Crippen LogP contribution is -2.47. The number of nitrogens with zero attached hydrogens (tertiary/aromatic N) is 4. The molecule has 0 atom stereocenters. The number of aromatic nitrogens is 2. The molecule has 4 heteroatoms. The van der Waals surface area contributed by atoms with Gasteiger partial charge in [0, 0.05) is 38.1 Å². The molecule has 2 heterocycles. The second kappa shape index (κ2) is 6.97. The molecule has 1 fully saturated rings. The van der Waals surface area contributed by atoms with Crippen LogP contribution in [-0.4, -0.2) is 47.6 Å². The molecule has 0 spiro atoms. The van der Waals surface area contributed by atoms with Crippen LogP contribution in [0.15, 0.2) is 60.9 Å². The Labute approximate surface area is 142 Å². The topological polar surface area (TPSA) is 32.3 Å². The number of anilines is 1. The van der Waals surface area contributed by atoms with Gasteiger partial charge in [0.25, 0.3) is 0 Å². The monoisotopic (exact) mass is 318 g/mol. The van der Waals surface area contributed by atoms with Gasteiger partial charge < -0.3 is 4.90 Å². The Hall–Kier alpha value is -2.46. The molecule has 0 radical (unpaired) electrons. The first kappa shape index (κ1) is 15.1. The second-order valence-electron chi connectivity index (χ2n) is 6.28. The van der Waals surface area contributed by atoms with Gasteiger partial charge in [-0.15, -0.1) is 0 Å². The van der Waals surface area contributed by atoms with Gasteiger partial charge in [0.2, 0.25) is 0 Å². The summed E-state index contributed by atoms with van der Waals surface area (Å²) < 4.78 is 0. The third-order valence-electron chi connectivity index (χ3n) is 4.75. The summed E-state index contributed by atoms with van der Waals surface area (Å²) >= 11 is 0. The highest BCUT2D eigenvalue weighted by Crippen LogP contribution is 2.23. The van der Waals surface area contributed by atoms with Crippen LogP contribution in [0, 0.1) is 0 Å². The molecule has 24 heavy (non-hydrogen) atoms. The highest BCUT2D eigenvalue weighted by molar-refractivity contribution is 5.89. The highest BCUT2D eigenvalue weighted by Gasteiger charge is 2.19. The van der Waals surface area contributed by atoms with Crippen molar-refractivity contribution in [1.82, 2.24) is 14.9 Å². The summed E-state index contributed by atoms with van der Waals surface area (Å²) in [6.07, 6.45) is 2.80. The van der Waals surface area contributed by atoms with Crippen LogP contribution in [0.2, 0.25) is 0 Å². The van der Waals surface area contributed by atoms with Gasteiger partial charge >= 0.3 is 0 Å². The lowest BCUT2D eigenvalue weighted by atomic mass is 10.1. The Morgan fingerprint density at radius 3 is 2.38 bits per heavy atom. The average molecular weight is 318 g/mol. The number of fused-ring (bicyclic) bond motifs is 1. The molecular weight excluding hydrogens is 296 g/mol. The van der Waals surface area contributed by atoms with Crippen molar-refractivity contribution in [1.29, 1.82) is 0 Å². The van der Waals surface area contributed by atoms with Gasteiger partial charge in [-0.1, -0.05) is 42.5 Å². The summed E-state index contributed by atoms with van der Waals surface area (Å²) in [6, 6.07) is 19.0. The molecule has 1 aromatic heterocycles.